The van der Waals surface area contributed by atoms with Gasteiger partial charge in [-0.15, -0.1) is 11.8 Å². The number of hydrogen-bond donors (Lipinski definition) is 3. The number of aliphatic hydroxyl groups is 1. The number of carbonyl (C=O) groups excluding carboxylic acids is 1. The summed E-state index contributed by atoms with van der Waals surface area (Å²) in [5.41, 5.74) is 0.551. The highest BCUT2D eigenvalue weighted by Gasteiger charge is 2.33. The number of amides is 1. The summed E-state index contributed by atoms with van der Waals surface area (Å²) in [6.45, 7) is -0.132. The first-order valence-electron chi connectivity index (χ1n) is 13.5. The third-order valence-electron chi connectivity index (χ3n) is 7.03. The molecule has 1 amide bonds. The van der Waals surface area contributed by atoms with Gasteiger partial charge in [0.1, 0.15) is 5.56 Å². The van der Waals surface area contributed by atoms with E-state index < -0.39 is 65.0 Å². The highest BCUT2D eigenvalue weighted by Crippen LogP contribution is 2.40. The topological polar surface area (TPSA) is 105 Å². The lowest BCUT2D eigenvalue weighted by Gasteiger charge is -2.36. The minimum Gasteiger partial charge on any atom is -0.478 e. The van der Waals surface area contributed by atoms with Gasteiger partial charge >= 0.3 is 5.97 Å². The second kappa shape index (κ2) is 13.8. The molecule has 3 unspecified atom stereocenters. The van der Waals surface area contributed by atoms with Crippen LogP contribution in [0.2, 0.25) is 0 Å². The third kappa shape index (κ3) is 7.01. The van der Waals surface area contributed by atoms with Crippen LogP contribution in [0.5, 0.6) is 0 Å². The molecule has 0 aliphatic carbocycles. The number of anilines is 1. The monoisotopic (exact) mass is 645 g/mol. The van der Waals surface area contributed by atoms with E-state index in [1.165, 1.54) is 42.1 Å². The van der Waals surface area contributed by atoms with Crippen molar-refractivity contribution in [2.24, 2.45) is 0 Å². The standard InChI is InChI=1S/C32H24F5NO6S/c33-25-24(26(34)28(36)29(37)27(25)35)30(40)38-19-11-9-18(10-12-19)32-43-20(15-45-23-4-2-1-3-21(23)31(41)42)13-22(44-32)17-7-5-16(14-39)6-8-17/h1-12,20,22,32,39H,13-15H2,(H,38,40)(H,41,42). The smallest absolute Gasteiger partial charge is 0.336 e. The summed E-state index contributed by atoms with van der Waals surface area (Å²) in [6.07, 6.45) is -1.37. The Morgan fingerprint density at radius 3 is 2.02 bits per heavy atom. The largest absolute Gasteiger partial charge is 0.478 e. The van der Waals surface area contributed by atoms with E-state index in [1.54, 1.807) is 30.3 Å². The Morgan fingerprint density at radius 2 is 1.40 bits per heavy atom. The molecule has 1 fully saturated rings. The number of ether oxygens (including phenoxy) is 2. The molecular formula is C32H24F5NO6S. The zero-order valence-electron chi connectivity index (χ0n) is 23.1. The lowest BCUT2D eigenvalue weighted by Crippen LogP contribution is -2.31. The summed E-state index contributed by atoms with van der Waals surface area (Å²) in [5.74, 6) is -13.6. The number of carboxylic acids is 1. The molecule has 1 saturated heterocycles. The first kappa shape index (κ1) is 32.1. The van der Waals surface area contributed by atoms with E-state index in [0.717, 1.165) is 5.56 Å². The number of nitrogens with one attached hydrogen (secondary N) is 1. The Bertz CT molecular complexity index is 1690. The minimum atomic E-state index is -2.37. The third-order valence-corrected chi connectivity index (χ3v) is 8.24. The summed E-state index contributed by atoms with van der Waals surface area (Å²) < 4.78 is 81.2. The van der Waals surface area contributed by atoms with Crippen LogP contribution in [-0.4, -0.2) is 33.9 Å². The minimum absolute atomic E-state index is 0.00275. The number of rotatable bonds is 9. The van der Waals surface area contributed by atoms with Gasteiger partial charge in [-0.2, -0.15) is 0 Å². The molecule has 7 nitrogen and oxygen atoms in total. The van der Waals surface area contributed by atoms with Gasteiger partial charge in [0.05, 0.1) is 24.4 Å². The Hall–Kier alpha value is -4.30. The van der Waals surface area contributed by atoms with Crippen molar-refractivity contribution in [3.63, 3.8) is 0 Å². The van der Waals surface area contributed by atoms with Crippen molar-refractivity contribution < 1.29 is 51.2 Å². The number of halogens is 5. The van der Waals surface area contributed by atoms with E-state index >= 15 is 0 Å². The van der Waals surface area contributed by atoms with E-state index in [4.69, 9.17) is 9.47 Å². The fourth-order valence-corrected chi connectivity index (χ4v) is 5.76. The first-order valence-corrected chi connectivity index (χ1v) is 14.4. The van der Waals surface area contributed by atoms with E-state index in [0.29, 0.717) is 28.2 Å². The number of hydrogen-bond acceptors (Lipinski definition) is 6. The molecule has 13 heteroatoms. The van der Waals surface area contributed by atoms with Crippen molar-refractivity contribution in [2.75, 3.05) is 11.1 Å². The lowest BCUT2D eigenvalue weighted by molar-refractivity contribution is -0.245. The summed E-state index contributed by atoms with van der Waals surface area (Å²) >= 11 is 1.31. The molecular weight excluding hydrogens is 621 g/mol. The predicted octanol–water partition coefficient (Wildman–Crippen LogP) is 7.16. The van der Waals surface area contributed by atoms with Gasteiger partial charge in [-0.1, -0.05) is 48.5 Å². The van der Waals surface area contributed by atoms with Gasteiger partial charge in [0.25, 0.3) is 5.91 Å². The lowest BCUT2D eigenvalue weighted by atomic mass is 10.0. The van der Waals surface area contributed by atoms with Crippen LogP contribution in [0.3, 0.4) is 0 Å². The molecule has 1 aliphatic heterocycles. The van der Waals surface area contributed by atoms with E-state index in [-0.39, 0.29) is 17.9 Å². The van der Waals surface area contributed by atoms with Gasteiger partial charge < -0.3 is 25.0 Å². The maximum Gasteiger partial charge on any atom is 0.336 e. The van der Waals surface area contributed by atoms with E-state index in [1.807, 2.05) is 12.1 Å². The molecule has 1 heterocycles. The average Bonchev–Trinajstić information content (AvgIpc) is 3.06. The van der Waals surface area contributed by atoms with Crippen molar-refractivity contribution in [2.45, 2.75) is 36.4 Å². The normalized spacial score (nSPS) is 18.0. The maximum atomic E-state index is 14.1. The number of carbonyl (C=O) groups is 2. The zero-order valence-corrected chi connectivity index (χ0v) is 23.9. The van der Waals surface area contributed by atoms with Crippen LogP contribution in [0.1, 0.15) is 56.2 Å². The summed E-state index contributed by atoms with van der Waals surface area (Å²) in [4.78, 5) is 24.7. The molecule has 4 aromatic carbocycles. The molecule has 0 bridgehead atoms. The van der Waals surface area contributed by atoms with Gasteiger partial charge in [0.15, 0.2) is 29.6 Å². The quantitative estimate of drug-likeness (QED) is 0.0768. The van der Waals surface area contributed by atoms with Gasteiger partial charge in [0, 0.05) is 28.3 Å². The average molecular weight is 646 g/mol. The summed E-state index contributed by atoms with van der Waals surface area (Å²) in [6, 6.07) is 19.4. The van der Waals surface area contributed by atoms with Crippen LogP contribution in [0.15, 0.2) is 77.7 Å². The predicted molar refractivity (Wildman–Crippen MR) is 153 cm³/mol. The second-order valence-electron chi connectivity index (χ2n) is 9.98. The summed E-state index contributed by atoms with van der Waals surface area (Å²) in [7, 11) is 0. The number of thioether (sulfide) groups is 1. The molecule has 5 rings (SSSR count). The van der Waals surface area contributed by atoms with Crippen LogP contribution < -0.4 is 5.32 Å². The molecule has 0 aromatic heterocycles. The van der Waals surface area contributed by atoms with Gasteiger partial charge in [0.2, 0.25) is 5.82 Å². The number of aliphatic hydroxyl groups excluding tert-OH is 1. The van der Waals surface area contributed by atoms with Gasteiger partial charge in [-0.3, -0.25) is 4.79 Å². The van der Waals surface area contributed by atoms with Crippen molar-refractivity contribution in [3.8, 4) is 0 Å². The highest BCUT2D eigenvalue weighted by atomic mass is 32.2. The van der Waals surface area contributed by atoms with Gasteiger partial charge in [-0.05, 0) is 35.4 Å². The Morgan fingerprint density at radius 1 is 0.800 bits per heavy atom. The SMILES string of the molecule is O=C(O)c1ccccc1SCC1CC(c2ccc(CO)cc2)OC(c2ccc(NC(=O)c3c(F)c(F)c(F)c(F)c3F)cc2)O1. The van der Waals surface area contributed by atoms with Crippen LogP contribution in [0, 0.1) is 29.1 Å². The van der Waals surface area contributed by atoms with Crippen LogP contribution in [-0.2, 0) is 16.1 Å². The van der Waals surface area contributed by atoms with Crippen LogP contribution in [0.4, 0.5) is 27.6 Å². The fraction of sp³-hybridized carbons (Fsp3) is 0.188. The molecule has 4 aromatic rings. The Labute approximate surface area is 257 Å². The van der Waals surface area contributed by atoms with Crippen LogP contribution >= 0.6 is 11.8 Å². The molecule has 45 heavy (non-hydrogen) atoms. The van der Waals surface area contributed by atoms with Crippen molar-refractivity contribution in [3.05, 3.63) is 130 Å². The van der Waals surface area contributed by atoms with Crippen molar-refractivity contribution in [1.82, 2.24) is 0 Å². The number of aromatic carboxylic acids is 1. The number of benzene rings is 4. The van der Waals surface area contributed by atoms with Gasteiger partial charge in [-0.25, -0.2) is 26.7 Å². The van der Waals surface area contributed by atoms with E-state index in [9.17, 15) is 41.8 Å². The molecule has 0 radical (unpaired) electrons. The molecule has 234 valence electrons. The Kier molecular flexibility index (Phi) is 9.83. The maximum absolute atomic E-state index is 14.1. The molecule has 3 atom stereocenters. The van der Waals surface area contributed by atoms with E-state index in [2.05, 4.69) is 5.32 Å². The molecule has 0 saturated carbocycles. The zero-order chi connectivity index (χ0) is 32.2. The molecule has 3 N–H and O–H groups in total. The Balaban J connectivity index is 1.35. The number of carboxylic acid groups (broad SMARTS) is 1. The molecule has 0 spiro atoms. The van der Waals surface area contributed by atoms with Crippen molar-refractivity contribution in [1.29, 1.82) is 0 Å². The second-order valence-corrected chi connectivity index (χ2v) is 11.0. The highest BCUT2D eigenvalue weighted by molar-refractivity contribution is 7.99. The van der Waals surface area contributed by atoms with Crippen LogP contribution in [0.25, 0.3) is 0 Å². The van der Waals surface area contributed by atoms with Crippen molar-refractivity contribution >= 4 is 29.3 Å². The molecule has 1 aliphatic rings. The summed E-state index contributed by atoms with van der Waals surface area (Å²) in [5, 5.41) is 21.1. The first-order chi connectivity index (χ1) is 21.6. The fourth-order valence-electron chi connectivity index (χ4n) is 4.70.